The molecule has 2 aromatic carbocycles. The molecule has 2 rings (SSSR count). The van der Waals surface area contributed by atoms with Crippen molar-refractivity contribution in [2.45, 2.75) is 33.3 Å². The van der Waals surface area contributed by atoms with Crippen molar-refractivity contribution >= 4 is 36.2 Å². The van der Waals surface area contributed by atoms with Crippen LogP contribution in [0.3, 0.4) is 0 Å². The summed E-state index contributed by atoms with van der Waals surface area (Å²) in [5, 5.41) is 11.9. The Bertz CT molecular complexity index is 975. The molecule has 0 aromatic heterocycles. The molecular formula is C25H31NO7S. The number of esters is 1. The van der Waals surface area contributed by atoms with Crippen molar-refractivity contribution in [1.29, 1.82) is 0 Å². The van der Waals surface area contributed by atoms with Crippen molar-refractivity contribution in [2.75, 3.05) is 30.9 Å². The number of para-hydroxylation sites is 1. The number of ether oxygens (including phenoxy) is 3. The monoisotopic (exact) mass is 489 g/mol. The molecule has 1 amide bonds. The Morgan fingerprint density at radius 1 is 1.06 bits per heavy atom. The lowest BCUT2D eigenvalue weighted by Gasteiger charge is -2.34. The van der Waals surface area contributed by atoms with Gasteiger partial charge in [-0.05, 0) is 43.7 Å². The van der Waals surface area contributed by atoms with E-state index in [1.54, 1.807) is 48.5 Å². The molecule has 0 bridgehead atoms. The molecule has 0 aliphatic carbocycles. The van der Waals surface area contributed by atoms with Crippen LogP contribution < -0.4 is 10.1 Å². The smallest absolute Gasteiger partial charge is 0.412 e. The third-order valence-electron chi connectivity index (χ3n) is 5.16. The maximum absolute atomic E-state index is 12.8. The predicted molar refractivity (Wildman–Crippen MR) is 132 cm³/mol. The average Bonchev–Trinajstić information content (AvgIpc) is 2.81. The van der Waals surface area contributed by atoms with Crippen molar-refractivity contribution in [3.8, 4) is 5.75 Å². The molecule has 0 saturated heterocycles. The second-order valence-corrected chi connectivity index (χ2v) is 8.59. The summed E-state index contributed by atoms with van der Waals surface area (Å²) in [4.78, 5) is 35.8. The van der Waals surface area contributed by atoms with E-state index in [1.165, 1.54) is 6.92 Å². The van der Waals surface area contributed by atoms with Gasteiger partial charge in [-0.3, -0.25) is 14.9 Å². The average molecular weight is 490 g/mol. The molecule has 0 aliphatic heterocycles. The third-order valence-corrected chi connectivity index (χ3v) is 5.42. The van der Waals surface area contributed by atoms with E-state index in [0.717, 1.165) is 0 Å². The maximum atomic E-state index is 12.8. The Morgan fingerprint density at radius 2 is 1.74 bits per heavy atom. The van der Waals surface area contributed by atoms with Gasteiger partial charge < -0.3 is 19.3 Å². The van der Waals surface area contributed by atoms with Gasteiger partial charge in [0.05, 0.1) is 19.0 Å². The highest BCUT2D eigenvalue weighted by Gasteiger charge is 2.36. The van der Waals surface area contributed by atoms with Crippen LogP contribution in [-0.4, -0.2) is 48.5 Å². The molecule has 0 aliphatic rings. The summed E-state index contributed by atoms with van der Waals surface area (Å²) >= 11 is 3.91. The van der Waals surface area contributed by atoms with E-state index in [0.29, 0.717) is 29.0 Å². The summed E-state index contributed by atoms with van der Waals surface area (Å²) in [6.07, 6.45) is -1.07. The molecule has 2 aromatic rings. The molecule has 8 nitrogen and oxygen atoms in total. The number of rotatable bonds is 12. The van der Waals surface area contributed by atoms with Crippen LogP contribution in [0.1, 0.15) is 49.2 Å². The second kappa shape index (κ2) is 13.0. The van der Waals surface area contributed by atoms with Gasteiger partial charge in [-0.2, -0.15) is 12.6 Å². The molecule has 0 saturated carbocycles. The number of aliphatic hydroxyl groups is 1. The van der Waals surface area contributed by atoms with E-state index in [9.17, 15) is 19.5 Å². The highest BCUT2D eigenvalue weighted by molar-refractivity contribution is 7.81. The van der Waals surface area contributed by atoms with Crippen molar-refractivity contribution in [3.05, 3.63) is 59.7 Å². The van der Waals surface area contributed by atoms with Crippen molar-refractivity contribution in [3.63, 3.8) is 0 Å². The largest absolute Gasteiger partial charge is 0.491 e. The number of Topliss-reactive ketones (excluding diaryl/α,β-unsaturated/α-hetero) is 1. The molecule has 184 valence electrons. The number of hydrogen-bond donors (Lipinski definition) is 3. The predicted octanol–water partition coefficient (Wildman–Crippen LogP) is 4.44. The van der Waals surface area contributed by atoms with Gasteiger partial charge >= 0.3 is 12.1 Å². The number of aliphatic hydroxyl groups excluding tert-OH is 1. The van der Waals surface area contributed by atoms with Crippen LogP contribution in [0, 0.1) is 5.41 Å². The number of carbonyl (C=O) groups excluding carboxylic acids is 3. The fourth-order valence-corrected chi connectivity index (χ4v) is 3.37. The maximum Gasteiger partial charge on any atom is 0.412 e. The summed E-state index contributed by atoms with van der Waals surface area (Å²) in [5.41, 5.74) is 0.956. The van der Waals surface area contributed by atoms with Crippen LogP contribution in [-0.2, 0) is 14.3 Å². The number of ketones is 1. The van der Waals surface area contributed by atoms with Crippen molar-refractivity contribution in [2.24, 2.45) is 5.41 Å². The second-order valence-electron chi connectivity index (χ2n) is 8.27. The summed E-state index contributed by atoms with van der Waals surface area (Å²) < 4.78 is 16.7. The van der Waals surface area contributed by atoms with Gasteiger partial charge in [0, 0.05) is 22.2 Å². The van der Waals surface area contributed by atoms with Gasteiger partial charge in [-0.15, -0.1) is 0 Å². The lowest BCUT2D eigenvalue weighted by atomic mass is 9.79. The van der Waals surface area contributed by atoms with Gasteiger partial charge in [-0.25, -0.2) is 4.79 Å². The Labute approximate surface area is 205 Å². The van der Waals surface area contributed by atoms with E-state index in [4.69, 9.17) is 14.2 Å². The molecule has 0 fully saturated rings. The standard InChI is InChI=1S/C25H31NO7S/c1-17(28)18-8-10-19(11-9-18)26-24(30)33-23(25(2,3)12-14-32-22(29)16-34)20-6-4-5-7-21(20)31-15-13-27/h4-11,23,27,34H,12-16H2,1-3H3,(H,26,30)/t23-/m0/s1. The zero-order valence-electron chi connectivity index (χ0n) is 19.6. The van der Waals surface area contributed by atoms with E-state index in [1.807, 2.05) is 13.8 Å². The number of amides is 1. The number of benzene rings is 2. The van der Waals surface area contributed by atoms with E-state index in [-0.39, 0.29) is 31.4 Å². The fourth-order valence-electron chi connectivity index (χ4n) is 3.28. The van der Waals surface area contributed by atoms with Gasteiger partial charge in [-0.1, -0.05) is 32.0 Å². The van der Waals surface area contributed by atoms with Gasteiger partial charge in [0.1, 0.15) is 18.5 Å². The third kappa shape index (κ3) is 8.07. The Morgan fingerprint density at radius 3 is 2.35 bits per heavy atom. The number of nitrogens with one attached hydrogen (secondary N) is 1. The van der Waals surface area contributed by atoms with Crippen LogP contribution in [0.2, 0.25) is 0 Å². The zero-order chi connectivity index (χ0) is 25.1. The minimum Gasteiger partial charge on any atom is -0.491 e. The van der Waals surface area contributed by atoms with Crippen LogP contribution in [0.4, 0.5) is 10.5 Å². The molecule has 0 radical (unpaired) electrons. The minimum atomic E-state index is -0.770. The SMILES string of the molecule is CC(=O)c1ccc(NC(=O)O[C@@H](c2ccccc2OCCO)C(C)(C)CCOC(=O)CS)cc1. The first kappa shape index (κ1) is 27.2. The van der Waals surface area contributed by atoms with E-state index < -0.39 is 23.6 Å². The number of carbonyl (C=O) groups is 3. The van der Waals surface area contributed by atoms with Gasteiger partial charge in [0.25, 0.3) is 0 Å². The number of thiol groups is 1. The summed E-state index contributed by atoms with van der Waals surface area (Å²) in [6, 6.07) is 13.6. The number of hydrogen-bond acceptors (Lipinski definition) is 8. The first-order valence-electron chi connectivity index (χ1n) is 10.9. The van der Waals surface area contributed by atoms with Crippen LogP contribution >= 0.6 is 12.6 Å². The zero-order valence-corrected chi connectivity index (χ0v) is 20.5. The molecule has 1 atom stereocenters. The van der Waals surface area contributed by atoms with Crippen LogP contribution in [0.25, 0.3) is 0 Å². The van der Waals surface area contributed by atoms with Gasteiger partial charge in [0.2, 0.25) is 0 Å². The van der Waals surface area contributed by atoms with E-state index >= 15 is 0 Å². The van der Waals surface area contributed by atoms with Crippen LogP contribution in [0.15, 0.2) is 48.5 Å². The Kier molecular flexibility index (Phi) is 10.4. The quantitative estimate of drug-likeness (QED) is 0.230. The Balaban J connectivity index is 2.26. The van der Waals surface area contributed by atoms with Crippen molar-refractivity contribution < 1.29 is 33.7 Å². The normalized spacial score (nSPS) is 11.9. The molecule has 0 unspecified atom stereocenters. The molecule has 2 N–H and O–H groups in total. The molecule has 34 heavy (non-hydrogen) atoms. The molecule has 0 heterocycles. The first-order chi connectivity index (χ1) is 16.2. The lowest BCUT2D eigenvalue weighted by Crippen LogP contribution is -2.31. The summed E-state index contributed by atoms with van der Waals surface area (Å²) in [5.74, 6) is -0.0621. The first-order valence-corrected chi connectivity index (χ1v) is 11.5. The highest BCUT2D eigenvalue weighted by Crippen LogP contribution is 2.43. The number of anilines is 1. The fraction of sp³-hybridized carbons (Fsp3) is 0.400. The van der Waals surface area contributed by atoms with Gasteiger partial charge in [0.15, 0.2) is 5.78 Å². The highest BCUT2D eigenvalue weighted by atomic mass is 32.1. The molecular weight excluding hydrogens is 458 g/mol. The lowest BCUT2D eigenvalue weighted by molar-refractivity contribution is -0.141. The topological polar surface area (TPSA) is 111 Å². The van der Waals surface area contributed by atoms with E-state index in [2.05, 4.69) is 17.9 Å². The molecule has 0 spiro atoms. The molecule has 9 heteroatoms. The van der Waals surface area contributed by atoms with Crippen LogP contribution in [0.5, 0.6) is 5.75 Å². The summed E-state index contributed by atoms with van der Waals surface area (Å²) in [6.45, 7) is 5.29. The minimum absolute atomic E-state index is 0.0248. The van der Waals surface area contributed by atoms with Crippen molar-refractivity contribution in [1.82, 2.24) is 0 Å². The summed E-state index contributed by atoms with van der Waals surface area (Å²) in [7, 11) is 0. The Hall–Kier alpha value is -3.04.